The minimum atomic E-state index is -3.39. The maximum absolute atomic E-state index is 13.3. The third-order valence-corrected chi connectivity index (χ3v) is 2.96. The van der Waals surface area contributed by atoms with Crippen LogP contribution in [-0.2, 0) is 16.4 Å². The molecule has 0 radical (unpaired) electrons. The van der Waals surface area contributed by atoms with Crippen molar-refractivity contribution >= 4 is 9.84 Å². The first-order chi connectivity index (χ1) is 6.80. The summed E-state index contributed by atoms with van der Waals surface area (Å²) in [6.07, 6.45) is 1.01. The molecule has 0 atom stereocenters. The van der Waals surface area contributed by atoms with Gasteiger partial charge in [-0.05, 0) is 12.1 Å². The van der Waals surface area contributed by atoms with E-state index in [1.54, 1.807) is 0 Å². The van der Waals surface area contributed by atoms with Crippen molar-refractivity contribution in [3.63, 3.8) is 0 Å². The molecule has 0 saturated heterocycles. The Morgan fingerprint density at radius 1 is 1.47 bits per heavy atom. The van der Waals surface area contributed by atoms with Crippen LogP contribution in [0.1, 0.15) is 5.56 Å². The lowest BCUT2D eigenvalue weighted by atomic mass is 10.2. The smallest absolute Gasteiger partial charge is 0.175 e. The fraction of sp³-hybridized carbons (Fsp3) is 0.333. The predicted molar refractivity (Wildman–Crippen MR) is 52.8 cm³/mol. The normalized spacial score (nSPS) is 12.1. The van der Waals surface area contributed by atoms with Crippen molar-refractivity contribution in [1.29, 1.82) is 0 Å². The summed E-state index contributed by atoms with van der Waals surface area (Å²) >= 11 is 0. The van der Waals surface area contributed by atoms with Gasteiger partial charge in [-0.2, -0.15) is 5.06 Å². The molecule has 15 heavy (non-hydrogen) atoms. The molecule has 0 aliphatic heterocycles. The van der Waals surface area contributed by atoms with Gasteiger partial charge < -0.3 is 5.21 Å². The number of halogens is 1. The van der Waals surface area contributed by atoms with Crippen LogP contribution in [0, 0.1) is 5.82 Å². The monoisotopic (exact) mass is 233 g/mol. The molecule has 0 bridgehead atoms. The lowest BCUT2D eigenvalue weighted by Gasteiger charge is -2.09. The maximum atomic E-state index is 13.3. The maximum Gasteiger partial charge on any atom is 0.175 e. The molecule has 0 aromatic heterocycles. The minimum absolute atomic E-state index is 0.00980. The van der Waals surface area contributed by atoms with E-state index in [0.717, 1.165) is 17.4 Å². The van der Waals surface area contributed by atoms with Crippen LogP contribution < -0.4 is 0 Å². The van der Waals surface area contributed by atoms with Crippen molar-refractivity contribution in [2.75, 3.05) is 13.3 Å². The number of hydrogen-bond donors (Lipinski definition) is 1. The van der Waals surface area contributed by atoms with Crippen LogP contribution >= 0.6 is 0 Å². The summed E-state index contributed by atoms with van der Waals surface area (Å²) in [6.45, 7) is 0.00980. The number of nitrogens with zero attached hydrogens (tertiary/aromatic N) is 1. The summed E-state index contributed by atoms with van der Waals surface area (Å²) in [5.41, 5.74) is 0.243. The molecular formula is C9H12FNO3S. The molecule has 0 aliphatic rings. The largest absolute Gasteiger partial charge is 0.314 e. The van der Waals surface area contributed by atoms with Crippen molar-refractivity contribution in [2.24, 2.45) is 0 Å². The molecule has 1 aromatic rings. The Labute approximate surface area is 87.8 Å². The summed E-state index contributed by atoms with van der Waals surface area (Å²) in [6, 6.07) is 3.61. The predicted octanol–water partition coefficient (Wildman–Crippen LogP) is 1.05. The summed E-state index contributed by atoms with van der Waals surface area (Å²) in [5.74, 6) is -0.640. The van der Waals surface area contributed by atoms with E-state index in [1.807, 2.05) is 0 Å². The highest BCUT2D eigenvalue weighted by Crippen LogP contribution is 2.15. The van der Waals surface area contributed by atoms with Crippen LogP contribution in [-0.4, -0.2) is 32.0 Å². The van der Waals surface area contributed by atoms with Crippen LogP contribution in [0.25, 0.3) is 0 Å². The second kappa shape index (κ2) is 4.26. The quantitative estimate of drug-likeness (QED) is 0.793. The van der Waals surface area contributed by atoms with E-state index >= 15 is 0 Å². The molecule has 1 N–H and O–H groups in total. The van der Waals surface area contributed by atoms with Gasteiger partial charge in [0, 0.05) is 18.9 Å². The van der Waals surface area contributed by atoms with Gasteiger partial charge in [0.2, 0.25) is 0 Å². The van der Waals surface area contributed by atoms with Crippen LogP contribution in [0.4, 0.5) is 4.39 Å². The molecule has 4 nitrogen and oxygen atoms in total. The van der Waals surface area contributed by atoms with Crippen molar-refractivity contribution in [1.82, 2.24) is 5.06 Å². The molecule has 84 valence electrons. The number of benzene rings is 1. The number of rotatable bonds is 3. The van der Waals surface area contributed by atoms with Crippen LogP contribution in [0.15, 0.2) is 23.1 Å². The Morgan fingerprint density at radius 3 is 2.47 bits per heavy atom. The van der Waals surface area contributed by atoms with Crippen molar-refractivity contribution in [3.8, 4) is 0 Å². The summed E-state index contributed by atoms with van der Waals surface area (Å²) in [5, 5.41) is 9.73. The Balaban J connectivity index is 3.09. The Hall–Kier alpha value is -0.980. The lowest BCUT2D eigenvalue weighted by molar-refractivity contribution is -0.0738. The molecular weight excluding hydrogens is 221 g/mol. The van der Waals surface area contributed by atoms with Crippen molar-refractivity contribution in [2.45, 2.75) is 11.4 Å². The van der Waals surface area contributed by atoms with E-state index in [0.29, 0.717) is 0 Å². The topological polar surface area (TPSA) is 57.6 Å². The van der Waals surface area contributed by atoms with Crippen LogP contribution in [0.2, 0.25) is 0 Å². The zero-order valence-corrected chi connectivity index (χ0v) is 9.25. The van der Waals surface area contributed by atoms with Gasteiger partial charge >= 0.3 is 0 Å². The number of hydroxylamine groups is 2. The first kappa shape index (κ1) is 12.1. The highest BCUT2D eigenvalue weighted by molar-refractivity contribution is 7.90. The lowest BCUT2D eigenvalue weighted by Crippen LogP contribution is -2.13. The first-order valence-corrected chi connectivity index (χ1v) is 6.08. The number of hydrogen-bond acceptors (Lipinski definition) is 4. The van der Waals surface area contributed by atoms with Crippen molar-refractivity contribution in [3.05, 3.63) is 29.6 Å². The standard InChI is InChI=1S/C9H12FNO3S/c1-11(12)6-7-3-4-8(5-9(7)10)15(2,13)14/h3-5,12H,6H2,1-2H3. The molecule has 0 aliphatic carbocycles. The SMILES string of the molecule is CN(O)Cc1ccc(S(C)(=O)=O)cc1F. The summed E-state index contributed by atoms with van der Waals surface area (Å²) in [7, 11) is -2.01. The second-order valence-corrected chi connectivity index (χ2v) is 5.36. The molecule has 0 amide bonds. The fourth-order valence-corrected chi connectivity index (χ4v) is 1.77. The van der Waals surface area contributed by atoms with E-state index in [4.69, 9.17) is 5.21 Å². The van der Waals surface area contributed by atoms with Gasteiger partial charge in [0.15, 0.2) is 9.84 Å². The summed E-state index contributed by atoms with van der Waals surface area (Å²) in [4.78, 5) is -0.0654. The molecule has 1 rings (SSSR count). The zero-order valence-electron chi connectivity index (χ0n) is 8.44. The third kappa shape index (κ3) is 3.26. The molecule has 0 fully saturated rings. The molecule has 6 heteroatoms. The third-order valence-electron chi connectivity index (χ3n) is 1.85. The van der Waals surface area contributed by atoms with E-state index < -0.39 is 15.7 Å². The van der Waals surface area contributed by atoms with E-state index in [9.17, 15) is 12.8 Å². The van der Waals surface area contributed by atoms with Gasteiger partial charge in [-0.3, -0.25) is 0 Å². The average molecular weight is 233 g/mol. The highest BCUT2D eigenvalue weighted by Gasteiger charge is 2.11. The molecule has 0 saturated carbocycles. The number of sulfone groups is 1. The molecule has 0 heterocycles. The average Bonchev–Trinajstić information content (AvgIpc) is 2.05. The van der Waals surface area contributed by atoms with Crippen LogP contribution in [0.3, 0.4) is 0 Å². The minimum Gasteiger partial charge on any atom is -0.314 e. The van der Waals surface area contributed by atoms with Gasteiger partial charge in [0.25, 0.3) is 0 Å². The van der Waals surface area contributed by atoms with Gasteiger partial charge in [-0.15, -0.1) is 0 Å². The molecule has 0 unspecified atom stereocenters. The van der Waals surface area contributed by atoms with E-state index in [1.165, 1.54) is 19.2 Å². The first-order valence-electron chi connectivity index (χ1n) is 4.19. The van der Waals surface area contributed by atoms with Gasteiger partial charge in [-0.1, -0.05) is 6.07 Å². The second-order valence-electron chi connectivity index (χ2n) is 3.34. The highest BCUT2D eigenvalue weighted by atomic mass is 32.2. The van der Waals surface area contributed by atoms with Gasteiger partial charge in [0.1, 0.15) is 5.82 Å². The van der Waals surface area contributed by atoms with Gasteiger partial charge in [0.05, 0.1) is 11.4 Å². The van der Waals surface area contributed by atoms with E-state index in [2.05, 4.69) is 0 Å². The van der Waals surface area contributed by atoms with Crippen LogP contribution in [0.5, 0.6) is 0 Å². The summed E-state index contributed by atoms with van der Waals surface area (Å²) < 4.78 is 35.5. The van der Waals surface area contributed by atoms with Crippen molar-refractivity contribution < 1.29 is 18.0 Å². The molecule has 0 spiro atoms. The Bertz CT molecular complexity index is 456. The fourth-order valence-electron chi connectivity index (χ4n) is 1.13. The molecule has 1 aromatic carbocycles. The zero-order chi connectivity index (χ0) is 11.6. The van der Waals surface area contributed by atoms with Gasteiger partial charge in [-0.25, -0.2) is 12.8 Å². The van der Waals surface area contributed by atoms with E-state index in [-0.39, 0.29) is 17.0 Å². The Kier molecular flexibility index (Phi) is 3.43. The Morgan fingerprint density at radius 2 is 2.07 bits per heavy atom.